The van der Waals surface area contributed by atoms with Crippen LogP contribution in [0.3, 0.4) is 0 Å². The molecule has 1 saturated heterocycles. The van der Waals surface area contributed by atoms with Gasteiger partial charge in [-0.2, -0.15) is 0 Å². The molecule has 1 N–H and O–H groups in total. The van der Waals surface area contributed by atoms with Crippen molar-refractivity contribution in [1.82, 2.24) is 0 Å². The fraction of sp³-hybridized carbons (Fsp3) is 0.400. The number of carbonyl (C=O) groups excluding carboxylic acids is 1. The second kappa shape index (κ2) is 10.2. The molecule has 1 aliphatic rings. The minimum absolute atomic E-state index is 0. The molecule has 0 saturated carbocycles. The lowest BCUT2D eigenvalue weighted by Crippen LogP contribution is -3.00. The average molecular weight is 404 g/mol. The van der Waals surface area contributed by atoms with Gasteiger partial charge in [0.15, 0.2) is 12.4 Å². The first-order valence-electron chi connectivity index (χ1n) is 8.90. The molecule has 1 aromatic heterocycles. The molecule has 134 valence electrons. The molecule has 0 aliphatic carbocycles. The van der Waals surface area contributed by atoms with Crippen LogP contribution in [-0.2, 0) is 11.3 Å². The molecule has 0 atom stereocenters. The SMILES string of the molecule is O=C(CCCC[n+]1ccccc1)Nc1ccc(N2CCCC2)cc1.[Br-]. The van der Waals surface area contributed by atoms with Crippen molar-refractivity contribution in [3.63, 3.8) is 0 Å². The van der Waals surface area contributed by atoms with Crippen LogP contribution in [0, 0.1) is 0 Å². The number of benzene rings is 1. The number of hydrogen-bond acceptors (Lipinski definition) is 2. The third kappa shape index (κ3) is 6.16. The van der Waals surface area contributed by atoms with E-state index in [1.54, 1.807) is 0 Å². The van der Waals surface area contributed by atoms with Gasteiger partial charge in [-0.05, 0) is 43.5 Å². The summed E-state index contributed by atoms with van der Waals surface area (Å²) in [7, 11) is 0. The second-order valence-electron chi connectivity index (χ2n) is 6.36. The van der Waals surface area contributed by atoms with Gasteiger partial charge in [-0.1, -0.05) is 6.07 Å². The molecular formula is C20H26BrN3O. The monoisotopic (exact) mass is 403 g/mol. The second-order valence-corrected chi connectivity index (χ2v) is 6.36. The van der Waals surface area contributed by atoms with Crippen molar-refractivity contribution in [1.29, 1.82) is 0 Å². The van der Waals surface area contributed by atoms with Gasteiger partial charge >= 0.3 is 0 Å². The van der Waals surface area contributed by atoms with Crippen molar-refractivity contribution in [3.05, 3.63) is 54.9 Å². The van der Waals surface area contributed by atoms with Crippen molar-refractivity contribution < 1.29 is 26.3 Å². The van der Waals surface area contributed by atoms with E-state index in [0.717, 1.165) is 38.2 Å². The van der Waals surface area contributed by atoms with Crippen molar-refractivity contribution in [2.75, 3.05) is 23.3 Å². The fourth-order valence-corrected chi connectivity index (χ4v) is 3.12. The predicted molar refractivity (Wildman–Crippen MR) is 97.0 cm³/mol. The largest absolute Gasteiger partial charge is 1.00 e. The Balaban J connectivity index is 0.00000225. The molecule has 25 heavy (non-hydrogen) atoms. The Morgan fingerprint density at radius 2 is 1.68 bits per heavy atom. The smallest absolute Gasteiger partial charge is 0.224 e. The molecule has 4 nitrogen and oxygen atoms in total. The molecule has 1 aromatic carbocycles. The Kier molecular flexibility index (Phi) is 7.92. The van der Waals surface area contributed by atoms with E-state index < -0.39 is 0 Å². The van der Waals surface area contributed by atoms with Crippen molar-refractivity contribution >= 4 is 17.3 Å². The van der Waals surface area contributed by atoms with E-state index in [0.29, 0.717) is 6.42 Å². The van der Waals surface area contributed by atoms with Gasteiger partial charge in [0, 0.05) is 49.4 Å². The number of unbranched alkanes of at least 4 members (excludes halogenated alkanes) is 1. The normalized spacial score (nSPS) is 13.4. The molecule has 1 fully saturated rings. The number of anilines is 2. The van der Waals surface area contributed by atoms with Crippen LogP contribution in [0.15, 0.2) is 54.9 Å². The molecule has 5 heteroatoms. The van der Waals surface area contributed by atoms with Crippen LogP contribution in [0.5, 0.6) is 0 Å². The maximum atomic E-state index is 12.0. The topological polar surface area (TPSA) is 36.2 Å². The lowest BCUT2D eigenvalue weighted by molar-refractivity contribution is -0.697. The average Bonchev–Trinajstić information content (AvgIpc) is 3.15. The Morgan fingerprint density at radius 1 is 1.00 bits per heavy atom. The number of pyridine rings is 1. The van der Waals surface area contributed by atoms with Crippen molar-refractivity contribution in [2.24, 2.45) is 0 Å². The fourth-order valence-electron chi connectivity index (χ4n) is 3.12. The molecule has 2 aromatic rings. The van der Waals surface area contributed by atoms with Crippen molar-refractivity contribution in [3.8, 4) is 0 Å². The lowest BCUT2D eigenvalue weighted by atomic mass is 10.2. The molecular weight excluding hydrogens is 378 g/mol. The minimum atomic E-state index is 0. The molecule has 1 amide bonds. The van der Waals surface area contributed by atoms with Crippen LogP contribution in [0.2, 0.25) is 0 Å². The zero-order valence-corrected chi connectivity index (χ0v) is 16.1. The molecule has 2 heterocycles. The summed E-state index contributed by atoms with van der Waals surface area (Å²) in [6.07, 6.45) is 9.15. The van der Waals surface area contributed by atoms with Crippen LogP contribution >= 0.6 is 0 Å². The maximum Gasteiger partial charge on any atom is 0.224 e. The third-order valence-corrected chi connectivity index (χ3v) is 4.47. The molecule has 0 spiro atoms. The van der Waals surface area contributed by atoms with Gasteiger partial charge in [0.2, 0.25) is 5.91 Å². The van der Waals surface area contributed by atoms with E-state index in [9.17, 15) is 4.79 Å². The number of aryl methyl sites for hydroxylation is 1. The maximum absolute atomic E-state index is 12.0. The van der Waals surface area contributed by atoms with E-state index in [2.05, 4.69) is 39.3 Å². The summed E-state index contributed by atoms with van der Waals surface area (Å²) in [5.74, 6) is 0.0991. The first-order valence-corrected chi connectivity index (χ1v) is 8.90. The molecule has 1 aliphatic heterocycles. The van der Waals surface area contributed by atoms with Gasteiger partial charge in [-0.3, -0.25) is 4.79 Å². The number of rotatable bonds is 7. The first-order chi connectivity index (χ1) is 11.8. The highest BCUT2D eigenvalue weighted by Gasteiger charge is 2.12. The Hall–Kier alpha value is -1.88. The summed E-state index contributed by atoms with van der Waals surface area (Å²) < 4.78 is 2.15. The Bertz CT molecular complexity index is 640. The van der Waals surface area contributed by atoms with Crippen molar-refractivity contribution in [2.45, 2.75) is 38.6 Å². The van der Waals surface area contributed by atoms with E-state index in [4.69, 9.17) is 0 Å². The molecule has 0 unspecified atom stereocenters. The van der Waals surface area contributed by atoms with Gasteiger partial charge in [0.1, 0.15) is 6.54 Å². The van der Waals surface area contributed by atoms with Gasteiger partial charge in [0.05, 0.1) is 0 Å². The first kappa shape index (κ1) is 19.4. The van der Waals surface area contributed by atoms with E-state index in [1.807, 2.05) is 30.3 Å². The zero-order chi connectivity index (χ0) is 16.6. The highest BCUT2D eigenvalue weighted by molar-refractivity contribution is 5.90. The number of aromatic nitrogens is 1. The number of hydrogen-bond donors (Lipinski definition) is 1. The number of halogens is 1. The van der Waals surface area contributed by atoms with Gasteiger partial charge in [-0.25, -0.2) is 4.57 Å². The minimum Gasteiger partial charge on any atom is -1.00 e. The number of amides is 1. The molecule has 3 rings (SSSR count). The van der Waals surface area contributed by atoms with Gasteiger partial charge in [-0.15, -0.1) is 0 Å². The number of carbonyl (C=O) groups is 1. The molecule has 0 radical (unpaired) electrons. The van der Waals surface area contributed by atoms with Crippen LogP contribution in [-0.4, -0.2) is 19.0 Å². The van der Waals surface area contributed by atoms with Gasteiger partial charge < -0.3 is 27.2 Å². The standard InChI is InChI=1S/C20H25N3O.BrH/c24-20(8-2-5-15-22-13-3-1-4-14-22)21-18-9-11-19(12-10-18)23-16-6-7-17-23;/h1,3-4,9-14H,2,5-8,15-17H2;1H. The highest BCUT2D eigenvalue weighted by Crippen LogP contribution is 2.22. The number of nitrogens with zero attached hydrogens (tertiary/aromatic N) is 2. The summed E-state index contributed by atoms with van der Waals surface area (Å²) in [5.41, 5.74) is 2.14. The van der Waals surface area contributed by atoms with E-state index in [-0.39, 0.29) is 22.9 Å². The third-order valence-electron chi connectivity index (χ3n) is 4.47. The lowest BCUT2D eigenvalue weighted by Gasteiger charge is -2.17. The van der Waals surface area contributed by atoms with E-state index >= 15 is 0 Å². The molecule has 0 bridgehead atoms. The van der Waals surface area contributed by atoms with Crippen LogP contribution in [0.1, 0.15) is 32.1 Å². The Labute approximate surface area is 160 Å². The Morgan fingerprint density at radius 3 is 2.36 bits per heavy atom. The van der Waals surface area contributed by atoms with Crippen LogP contribution in [0.25, 0.3) is 0 Å². The number of nitrogens with one attached hydrogen (secondary N) is 1. The summed E-state index contributed by atoms with van der Waals surface area (Å²) in [6.45, 7) is 3.24. The highest BCUT2D eigenvalue weighted by atomic mass is 79.9. The predicted octanol–water partition coefficient (Wildman–Crippen LogP) is 0.387. The summed E-state index contributed by atoms with van der Waals surface area (Å²) in [6, 6.07) is 14.3. The zero-order valence-electron chi connectivity index (χ0n) is 14.5. The van der Waals surface area contributed by atoms with Crippen LogP contribution < -0.4 is 31.8 Å². The summed E-state index contributed by atoms with van der Waals surface area (Å²) in [4.78, 5) is 14.4. The summed E-state index contributed by atoms with van der Waals surface area (Å²) >= 11 is 0. The summed E-state index contributed by atoms with van der Waals surface area (Å²) in [5, 5.41) is 2.99. The van der Waals surface area contributed by atoms with Crippen LogP contribution in [0.4, 0.5) is 11.4 Å². The van der Waals surface area contributed by atoms with E-state index in [1.165, 1.54) is 18.5 Å². The van der Waals surface area contributed by atoms with Gasteiger partial charge in [0.25, 0.3) is 0 Å². The quantitative estimate of drug-likeness (QED) is 0.536.